The molecule has 1 aromatic carbocycles. The number of ether oxygens (including phenoxy) is 1. The molecule has 0 fully saturated rings. The van der Waals surface area contributed by atoms with Crippen LogP contribution in [0, 0.1) is 0 Å². The van der Waals surface area contributed by atoms with Gasteiger partial charge < -0.3 is 19.5 Å². The zero-order valence-electron chi connectivity index (χ0n) is 12.4. The predicted molar refractivity (Wildman–Crippen MR) is 83.2 cm³/mol. The van der Waals surface area contributed by atoms with E-state index in [0.29, 0.717) is 17.4 Å². The van der Waals surface area contributed by atoms with Crippen LogP contribution in [0.25, 0.3) is 0 Å². The number of hydrogen-bond acceptors (Lipinski definition) is 5. The van der Waals surface area contributed by atoms with Gasteiger partial charge in [0.15, 0.2) is 5.16 Å². The van der Waals surface area contributed by atoms with Gasteiger partial charge in [-0.3, -0.25) is 4.79 Å². The van der Waals surface area contributed by atoms with Crippen molar-refractivity contribution in [2.75, 3.05) is 7.11 Å². The van der Waals surface area contributed by atoms with Crippen LogP contribution in [0.5, 0.6) is 5.75 Å². The van der Waals surface area contributed by atoms with Crippen molar-refractivity contribution in [3.8, 4) is 5.75 Å². The van der Waals surface area contributed by atoms with E-state index >= 15 is 0 Å². The fourth-order valence-electron chi connectivity index (χ4n) is 1.87. The molecule has 0 saturated heterocycles. The van der Waals surface area contributed by atoms with Gasteiger partial charge >= 0.3 is 5.97 Å². The van der Waals surface area contributed by atoms with Gasteiger partial charge in [-0.05, 0) is 24.6 Å². The van der Waals surface area contributed by atoms with Crippen LogP contribution >= 0.6 is 11.8 Å². The van der Waals surface area contributed by atoms with E-state index in [1.54, 1.807) is 20.2 Å². The number of aliphatic hydroxyl groups excluding tert-OH is 1. The quantitative estimate of drug-likeness (QED) is 0.759. The van der Waals surface area contributed by atoms with Crippen LogP contribution in [0.4, 0.5) is 0 Å². The first-order valence-corrected chi connectivity index (χ1v) is 7.60. The van der Waals surface area contributed by atoms with Crippen molar-refractivity contribution in [2.24, 2.45) is 0 Å². The zero-order valence-corrected chi connectivity index (χ0v) is 13.2. The molecule has 0 unspecified atom stereocenters. The number of imidazole rings is 1. The first kappa shape index (κ1) is 16.4. The summed E-state index contributed by atoms with van der Waals surface area (Å²) in [6, 6.07) is 7.61. The van der Waals surface area contributed by atoms with Crippen molar-refractivity contribution in [3.63, 3.8) is 0 Å². The van der Waals surface area contributed by atoms with Crippen molar-refractivity contribution in [2.45, 2.75) is 30.5 Å². The Kier molecular flexibility index (Phi) is 5.46. The summed E-state index contributed by atoms with van der Waals surface area (Å²) in [7, 11) is 1.61. The standard InChI is InChI=1S/C15H18N2O4S/c1-10(14(19)20)22-15-16-12(9-18)8-17(15)7-11-3-5-13(21-2)6-4-11/h3-6,8,10,18H,7,9H2,1-2H3,(H,19,20)/t10-/m1/s1. The molecule has 1 heterocycles. The van der Waals surface area contributed by atoms with Gasteiger partial charge in [0, 0.05) is 12.7 Å². The van der Waals surface area contributed by atoms with Crippen LogP contribution in [-0.4, -0.2) is 38.1 Å². The number of aliphatic carboxylic acids is 1. The lowest BCUT2D eigenvalue weighted by molar-refractivity contribution is -0.136. The second kappa shape index (κ2) is 7.33. The highest BCUT2D eigenvalue weighted by Gasteiger charge is 2.17. The summed E-state index contributed by atoms with van der Waals surface area (Å²) in [5.41, 5.74) is 1.56. The molecule has 1 aromatic heterocycles. The molecule has 118 valence electrons. The smallest absolute Gasteiger partial charge is 0.316 e. The predicted octanol–water partition coefficient (Wildman–Crippen LogP) is 2.00. The van der Waals surface area contributed by atoms with E-state index in [4.69, 9.17) is 9.84 Å². The van der Waals surface area contributed by atoms with Gasteiger partial charge in [-0.25, -0.2) is 4.98 Å². The summed E-state index contributed by atoms with van der Waals surface area (Å²) >= 11 is 1.16. The largest absolute Gasteiger partial charge is 0.497 e. The first-order chi connectivity index (χ1) is 10.5. The molecule has 7 heteroatoms. The molecule has 2 aromatic rings. The van der Waals surface area contributed by atoms with Gasteiger partial charge in [-0.15, -0.1) is 0 Å². The van der Waals surface area contributed by atoms with Gasteiger partial charge in [0.05, 0.1) is 19.4 Å². The molecule has 1 atom stereocenters. The Morgan fingerprint density at radius 1 is 1.41 bits per heavy atom. The number of carboxylic acids is 1. The number of methoxy groups -OCH3 is 1. The molecule has 0 aliphatic carbocycles. The second-order valence-electron chi connectivity index (χ2n) is 4.75. The first-order valence-electron chi connectivity index (χ1n) is 6.72. The third-order valence-corrected chi connectivity index (χ3v) is 4.19. The van der Waals surface area contributed by atoms with E-state index in [0.717, 1.165) is 23.1 Å². The third kappa shape index (κ3) is 4.02. The van der Waals surface area contributed by atoms with Crippen molar-refractivity contribution >= 4 is 17.7 Å². The van der Waals surface area contributed by atoms with Gasteiger partial charge in [0.2, 0.25) is 0 Å². The maximum atomic E-state index is 11.0. The molecule has 0 aliphatic rings. The monoisotopic (exact) mass is 322 g/mol. The van der Waals surface area contributed by atoms with E-state index in [-0.39, 0.29) is 6.61 Å². The number of rotatable bonds is 7. The number of carboxylic acid groups (broad SMARTS) is 1. The lowest BCUT2D eigenvalue weighted by Gasteiger charge is -2.10. The molecule has 2 rings (SSSR count). The van der Waals surface area contributed by atoms with Gasteiger partial charge in [0.1, 0.15) is 11.0 Å². The second-order valence-corrected chi connectivity index (χ2v) is 6.06. The lowest BCUT2D eigenvalue weighted by Crippen LogP contribution is -2.13. The number of aliphatic hydroxyl groups is 1. The summed E-state index contributed by atoms with van der Waals surface area (Å²) < 4.78 is 6.97. The molecule has 0 amide bonds. The Balaban J connectivity index is 2.20. The maximum Gasteiger partial charge on any atom is 0.316 e. The fourth-order valence-corrected chi connectivity index (χ4v) is 2.71. The highest BCUT2D eigenvalue weighted by Crippen LogP contribution is 2.24. The summed E-state index contributed by atoms with van der Waals surface area (Å²) in [5.74, 6) is -0.117. The highest BCUT2D eigenvalue weighted by molar-refractivity contribution is 8.00. The average molecular weight is 322 g/mol. The Morgan fingerprint density at radius 3 is 2.64 bits per heavy atom. The summed E-state index contributed by atoms with van der Waals surface area (Å²) in [6.07, 6.45) is 1.74. The van der Waals surface area contributed by atoms with E-state index in [9.17, 15) is 9.90 Å². The lowest BCUT2D eigenvalue weighted by atomic mass is 10.2. The van der Waals surface area contributed by atoms with E-state index in [2.05, 4.69) is 4.98 Å². The Labute approximate surface area is 132 Å². The molecule has 0 bridgehead atoms. The average Bonchev–Trinajstić information content (AvgIpc) is 2.90. The van der Waals surface area contributed by atoms with Crippen LogP contribution in [0.15, 0.2) is 35.6 Å². The molecular weight excluding hydrogens is 304 g/mol. The minimum atomic E-state index is -0.894. The van der Waals surface area contributed by atoms with Crippen LogP contribution < -0.4 is 4.74 Å². The molecule has 0 spiro atoms. The number of benzene rings is 1. The fraction of sp³-hybridized carbons (Fsp3) is 0.333. The van der Waals surface area contributed by atoms with Crippen LogP contribution in [0.2, 0.25) is 0 Å². The van der Waals surface area contributed by atoms with E-state index < -0.39 is 11.2 Å². The normalized spacial score (nSPS) is 12.1. The molecule has 2 N–H and O–H groups in total. The van der Waals surface area contributed by atoms with Crippen molar-refractivity contribution in [1.82, 2.24) is 9.55 Å². The van der Waals surface area contributed by atoms with Gasteiger partial charge in [-0.2, -0.15) is 0 Å². The topological polar surface area (TPSA) is 84.6 Å². The van der Waals surface area contributed by atoms with Crippen molar-refractivity contribution in [3.05, 3.63) is 41.7 Å². The van der Waals surface area contributed by atoms with Crippen LogP contribution in [-0.2, 0) is 17.9 Å². The third-order valence-electron chi connectivity index (χ3n) is 3.09. The summed E-state index contributed by atoms with van der Waals surface area (Å²) in [4.78, 5) is 15.3. The molecule has 0 aliphatic heterocycles. The van der Waals surface area contributed by atoms with Crippen molar-refractivity contribution in [1.29, 1.82) is 0 Å². The molecule has 0 saturated carbocycles. The number of hydrogen-bond donors (Lipinski definition) is 2. The van der Waals surface area contributed by atoms with Crippen LogP contribution in [0.3, 0.4) is 0 Å². The summed E-state index contributed by atoms with van der Waals surface area (Å²) in [6.45, 7) is 1.98. The van der Waals surface area contributed by atoms with Crippen molar-refractivity contribution < 1.29 is 19.7 Å². The number of aromatic nitrogens is 2. The zero-order chi connectivity index (χ0) is 16.1. The number of nitrogens with zero attached hydrogens (tertiary/aromatic N) is 2. The summed E-state index contributed by atoms with van der Waals surface area (Å²) in [5, 5.41) is 18.2. The molecule has 0 radical (unpaired) electrons. The number of carbonyl (C=O) groups is 1. The maximum absolute atomic E-state index is 11.0. The van der Waals surface area contributed by atoms with Gasteiger partial charge in [-0.1, -0.05) is 23.9 Å². The highest BCUT2D eigenvalue weighted by atomic mass is 32.2. The van der Waals surface area contributed by atoms with Crippen LogP contribution in [0.1, 0.15) is 18.2 Å². The SMILES string of the molecule is COc1ccc(Cn2cc(CO)nc2S[C@H](C)C(=O)O)cc1. The molecule has 22 heavy (non-hydrogen) atoms. The number of thioether (sulfide) groups is 1. The minimum Gasteiger partial charge on any atom is -0.497 e. The molecule has 6 nitrogen and oxygen atoms in total. The van der Waals surface area contributed by atoms with E-state index in [1.807, 2.05) is 28.8 Å². The Hall–Kier alpha value is -1.99. The Bertz CT molecular complexity index is 639. The Morgan fingerprint density at radius 2 is 2.09 bits per heavy atom. The van der Waals surface area contributed by atoms with Gasteiger partial charge in [0.25, 0.3) is 0 Å². The minimum absolute atomic E-state index is 0.176. The molecular formula is C15H18N2O4S. The van der Waals surface area contributed by atoms with E-state index in [1.165, 1.54) is 0 Å².